The van der Waals surface area contributed by atoms with Crippen LogP contribution >= 0.6 is 0 Å². The molecule has 1 atom stereocenters. The standard InChI is InChI=1S/C21H23N5O/c1-2-15-10-12-17(13-11-15)21-23-25-26(24-21)14-20(27)22-19-9-5-7-16-6-3-4-8-18(16)19/h3-4,6,8,10-13,19H,2,5,7,9,14H2,1H3,(H,22,27)/t19-/m0/s1. The highest BCUT2D eigenvalue weighted by atomic mass is 16.2. The van der Waals surface area contributed by atoms with Gasteiger partial charge in [-0.25, -0.2) is 0 Å². The topological polar surface area (TPSA) is 72.7 Å². The number of aromatic nitrogens is 4. The minimum absolute atomic E-state index is 0.0621. The van der Waals surface area contributed by atoms with Crippen molar-refractivity contribution in [3.63, 3.8) is 0 Å². The van der Waals surface area contributed by atoms with Crippen molar-refractivity contribution >= 4 is 5.91 Å². The number of nitrogens with one attached hydrogen (secondary N) is 1. The molecule has 0 unspecified atom stereocenters. The van der Waals surface area contributed by atoms with Crippen LogP contribution in [-0.4, -0.2) is 26.1 Å². The Morgan fingerprint density at radius 1 is 1.19 bits per heavy atom. The number of amides is 1. The van der Waals surface area contributed by atoms with E-state index >= 15 is 0 Å². The summed E-state index contributed by atoms with van der Waals surface area (Å²) in [6, 6.07) is 16.5. The molecule has 1 aliphatic rings. The van der Waals surface area contributed by atoms with Crippen molar-refractivity contribution in [2.24, 2.45) is 0 Å². The van der Waals surface area contributed by atoms with Crippen LogP contribution in [0.3, 0.4) is 0 Å². The molecule has 6 heteroatoms. The van der Waals surface area contributed by atoms with Crippen molar-refractivity contribution in [3.05, 3.63) is 65.2 Å². The van der Waals surface area contributed by atoms with Gasteiger partial charge in [-0.15, -0.1) is 10.2 Å². The summed E-state index contributed by atoms with van der Waals surface area (Å²) in [4.78, 5) is 13.8. The molecule has 138 valence electrons. The SMILES string of the molecule is CCc1ccc(-c2nnn(CC(=O)N[C@H]3CCCc4ccccc43)n2)cc1. The Balaban J connectivity index is 1.41. The van der Waals surface area contributed by atoms with Gasteiger partial charge in [-0.05, 0) is 47.6 Å². The van der Waals surface area contributed by atoms with Crippen LogP contribution in [0.5, 0.6) is 0 Å². The average Bonchev–Trinajstić information content (AvgIpc) is 3.16. The number of carbonyl (C=O) groups is 1. The maximum Gasteiger partial charge on any atom is 0.244 e. The first-order chi connectivity index (χ1) is 13.2. The minimum atomic E-state index is -0.0954. The highest BCUT2D eigenvalue weighted by Gasteiger charge is 2.21. The Kier molecular flexibility index (Phi) is 4.96. The number of benzene rings is 2. The Bertz CT molecular complexity index is 932. The van der Waals surface area contributed by atoms with Crippen LogP contribution in [0, 0.1) is 0 Å². The van der Waals surface area contributed by atoms with E-state index in [1.807, 2.05) is 18.2 Å². The second kappa shape index (κ2) is 7.70. The first-order valence-electron chi connectivity index (χ1n) is 9.47. The number of rotatable bonds is 5. The number of tetrazole rings is 1. The van der Waals surface area contributed by atoms with Gasteiger partial charge in [-0.3, -0.25) is 4.79 Å². The van der Waals surface area contributed by atoms with Crippen molar-refractivity contribution in [1.29, 1.82) is 0 Å². The van der Waals surface area contributed by atoms with Crippen molar-refractivity contribution in [3.8, 4) is 11.4 Å². The summed E-state index contributed by atoms with van der Waals surface area (Å²) >= 11 is 0. The lowest BCUT2D eigenvalue weighted by atomic mass is 9.88. The van der Waals surface area contributed by atoms with Gasteiger partial charge in [0.15, 0.2) is 0 Å². The molecule has 0 fully saturated rings. The molecule has 1 aromatic heterocycles. The molecule has 0 aliphatic heterocycles. The molecular weight excluding hydrogens is 338 g/mol. The number of aryl methyl sites for hydroxylation is 2. The third-order valence-electron chi connectivity index (χ3n) is 5.06. The van der Waals surface area contributed by atoms with Crippen LogP contribution in [-0.2, 0) is 24.2 Å². The van der Waals surface area contributed by atoms with Crippen LogP contribution in [0.1, 0.15) is 42.5 Å². The summed E-state index contributed by atoms with van der Waals surface area (Å²) in [5.74, 6) is 0.440. The smallest absolute Gasteiger partial charge is 0.244 e. The molecule has 6 nitrogen and oxygen atoms in total. The fourth-order valence-corrected chi connectivity index (χ4v) is 3.59. The van der Waals surface area contributed by atoms with E-state index in [9.17, 15) is 4.79 Å². The third-order valence-corrected chi connectivity index (χ3v) is 5.06. The van der Waals surface area contributed by atoms with Crippen LogP contribution in [0.25, 0.3) is 11.4 Å². The predicted molar refractivity (Wildman–Crippen MR) is 103 cm³/mol. The number of fused-ring (bicyclic) bond motifs is 1. The largest absolute Gasteiger partial charge is 0.348 e. The van der Waals surface area contributed by atoms with Crippen LogP contribution in [0.2, 0.25) is 0 Å². The van der Waals surface area contributed by atoms with Gasteiger partial charge in [0.05, 0.1) is 6.04 Å². The molecule has 4 rings (SSSR count). The van der Waals surface area contributed by atoms with E-state index in [1.54, 1.807) is 0 Å². The third kappa shape index (κ3) is 3.89. The van der Waals surface area contributed by atoms with Crippen molar-refractivity contribution in [2.75, 3.05) is 0 Å². The molecule has 0 radical (unpaired) electrons. The molecule has 2 aromatic carbocycles. The van der Waals surface area contributed by atoms with E-state index in [0.717, 1.165) is 31.2 Å². The molecular formula is C21H23N5O. The Hall–Kier alpha value is -3.02. The molecule has 0 spiro atoms. The van der Waals surface area contributed by atoms with Gasteiger partial charge in [0.25, 0.3) is 0 Å². The first kappa shape index (κ1) is 17.4. The molecule has 0 saturated heterocycles. The Morgan fingerprint density at radius 2 is 2.00 bits per heavy atom. The zero-order valence-electron chi connectivity index (χ0n) is 15.4. The predicted octanol–water partition coefficient (Wildman–Crippen LogP) is 3.10. The van der Waals surface area contributed by atoms with E-state index in [1.165, 1.54) is 21.5 Å². The van der Waals surface area contributed by atoms with Gasteiger partial charge in [-0.2, -0.15) is 4.80 Å². The highest BCUT2D eigenvalue weighted by molar-refractivity contribution is 5.76. The van der Waals surface area contributed by atoms with Gasteiger partial charge >= 0.3 is 0 Å². The molecule has 3 aromatic rings. The summed E-state index contributed by atoms with van der Waals surface area (Å²) in [5.41, 5.74) is 4.71. The Morgan fingerprint density at radius 3 is 2.81 bits per heavy atom. The summed E-state index contributed by atoms with van der Waals surface area (Å²) in [6.07, 6.45) is 4.11. The normalized spacial score (nSPS) is 16.0. The molecule has 1 N–H and O–H groups in total. The fourth-order valence-electron chi connectivity index (χ4n) is 3.59. The van der Waals surface area contributed by atoms with Crippen LogP contribution < -0.4 is 5.32 Å². The summed E-state index contributed by atoms with van der Waals surface area (Å²) in [5, 5.41) is 15.6. The number of nitrogens with zero attached hydrogens (tertiary/aromatic N) is 4. The lowest BCUT2D eigenvalue weighted by Crippen LogP contribution is -2.34. The molecule has 27 heavy (non-hydrogen) atoms. The first-order valence-corrected chi connectivity index (χ1v) is 9.47. The summed E-state index contributed by atoms with van der Waals surface area (Å²) < 4.78 is 0. The van der Waals surface area contributed by atoms with Gasteiger partial charge in [-0.1, -0.05) is 55.5 Å². The second-order valence-corrected chi connectivity index (χ2v) is 6.91. The number of hydrogen-bond donors (Lipinski definition) is 1. The lowest BCUT2D eigenvalue weighted by Gasteiger charge is -2.26. The van der Waals surface area contributed by atoms with Crippen molar-refractivity contribution in [2.45, 2.75) is 45.2 Å². The molecule has 0 saturated carbocycles. The lowest BCUT2D eigenvalue weighted by molar-refractivity contribution is -0.122. The number of hydrogen-bond acceptors (Lipinski definition) is 4. The summed E-state index contributed by atoms with van der Waals surface area (Å²) in [6.45, 7) is 2.19. The highest BCUT2D eigenvalue weighted by Crippen LogP contribution is 2.29. The van der Waals surface area contributed by atoms with Gasteiger partial charge < -0.3 is 5.32 Å². The minimum Gasteiger partial charge on any atom is -0.348 e. The van der Waals surface area contributed by atoms with E-state index < -0.39 is 0 Å². The monoisotopic (exact) mass is 361 g/mol. The van der Waals surface area contributed by atoms with Gasteiger partial charge in [0, 0.05) is 5.56 Å². The average molecular weight is 361 g/mol. The van der Waals surface area contributed by atoms with Gasteiger partial charge in [0.1, 0.15) is 6.54 Å². The summed E-state index contributed by atoms with van der Waals surface area (Å²) in [7, 11) is 0. The van der Waals surface area contributed by atoms with Crippen LogP contribution in [0.4, 0.5) is 0 Å². The molecule has 0 bridgehead atoms. The Labute approximate surface area is 158 Å². The van der Waals surface area contributed by atoms with Crippen molar-refractivity contribution in [1.82, 2.24) is 25.5 Å². The van der Waals surface area contributed by atoms with E-state index in [-0.39, 0.29) is 18.5 Å². The quantitative estimate of drug-likeness (QED) is 0.758. The zero-order valence-corrected chi connectivity index (χ0v) is 15.4. The molecule has 1 aliphatic carbocycles. The van der Waals surface area contributed by atoms with Gasteiger partial charge in [0.2, 0.25) is 11.7 Å². The maximum absolute atomic E-state index is 12.5. The van der Waals surface area contributed by atoms with Crippen molar-refractivity contribution < 1.29 is 4.79 Å². The van der Waals surface area contributed by atoms with E-state index in [2.05, 4.69) is 58.0 Å². The fraction of sp³-hybridized carbons (Fsp3) is 0.333. The van der Waals surface area contributed by atoms with E-state index in [4.69, 9.17) is 0 Å². The van der Waals surface area contributed by atoms with Crippen LogP contribution in [0.15, 0.2) is 48.5 Å². The zero-order chi connectivity index (χ0) is 18.6. The maximum atomic E-state index is 12.5. The molecule has 1 amide bonds. The number of carbonyl (C=O) groups excluding carboxylic acids is 1. The molecule has 1 heterocycles. The second-order valence-electron chi connectivity index (χ2n) is 6.91. The van der Waals surface area contributed by atoms with E-state index in [0.29, 0.717) is 5.82 Å².